The molecular weight excluding hydrogens is 184 g/mol. The first-order valence-electron chi connectivity index (χ1n) is 3.94. The Labute approximate surface area is 81.1 Å². The standard InChI is InChI=1S/C9H10N2O3/c1-6(13)11-8-3-7(5-12)9(14-2)10-4-8/h3-5H,1-2H3,(H,11,13). The van der Waals surface area contributed by atoms with Crippen LogP contribution in [0.25, 0.3) is 0 Å². The van der Waals surface area contributed by atoms with Crippen LogP contribution in [-0.4, -0.2) is 24.3 Å². The summed E-state index contributed by atoms with van der Waals surface area (Å²) in [5.41, 5.74) is 0.777. The van der Waals surface area contributed by atoms with E-state index in [9.17, 15) is 9.59 Å². The van der Waals surface area contributed by atoms with E-state index in [-0.39, 0.29) is 11.8 Å². The molecule has 14 heavy (non-hydrogen) atoms. The van der Waals surface area contributed by atoms with Crippen LogP contribution < -0.4 is 10.1 Å². The second kappa shape index (κ2) is 4.36. The van der Waals surface area contributed by atoms with Gasteiger partial charge in [0.1, 0.15) is 0 Å². The van der Waals surface area contributed by atoms with Crippen molar-refractivity contribution < 1.29 is 14.3 Å². The lowest BCUT2D eigenvalue weighted by Gasteiger charge is -2.05. The smallest absolute Gasteiger partial charge is 0.223 e. The van der Waals surface area contributed by atoms with Gasteiger partial charge in [-0.25, -0.2) is 4.98 Å². The average Bonchev–Trinajstić information content (AvgIpc) is 2.16. The van der Waals surface area contributed by atoms with Crippen LogP contribution in [0.1, 0.15) is 17.3 Å². The Morgan fingerprint density at radius 2 is 2.36 bits per heavy atom. The fourth-order valence-electron chi connectivity index (χ4n) is 0.996. The number of anilines is 1. The maximum atomic E-state index is 10.7. The van der Waals surface area contributed by atoms with Crippen molar-refractivity contribution in [3.05, 3.63) is 17.8 Å². The fraction of sp³-hybridized carbons (Fsp3) is 0.222. The summed E-state index contributed by atoms with van der Waals surface area (Å²) in [7, 11) is 1.42. The number of hydrogen-bond donors (Lipinski definition) is 1. The number of hydrogen-bond acceptors (Lipinski definition) is 4. The molecule has 1 aromatic heterocycles. The molecule has 0 unspecified atom stereocenters. The zero-order chi connectivity index (χ0) is 10.6. The lowest BCUT2D eigenvalue weighted by molar-refractivity contribution is -0.114. The second-order valence-electron chi connectivity index (χ2n) is 2.62. The first-order valence-corrected chi connectivity index (χ1v) is 3.94. The highest BCUT2D eigenvalue weighted by Crippen LogP contribution is 2.16. The molecule has 0 radical (unpaired) electrons. The SMILES string of the molecule is COc1ncc(NC(C)=O)cc1C=O. The van der Waals surface area contributed by atoms with E-state index in [1.807, 2.05) is 0 Å². The molecule has 0 saturated carbocycles. The number of amides is 1. The molecule has 1 amide bonds. The number of aldehydes is 1. The van der Waals surface area contributed by atoms with Gasteiger partial charge in [-0.15, -0.1) is 0 Å². The van der Waals surface area contributed by atoms with Crippen LogP contribution in [0.4, 0.5) is 5.69 Å². The minimum absolute atomic E-state index is 0.214. The van der Waals surface area contributed by atoms with E-state index in [0.717, 1.165) is 0 Å². The fourth-order valence-corrected chi connectivity index (χ4v) is 0.996. The van der Waals surface area contributed by atoms with Gasteiger partial charge in [-0.05, 0) is 6.07 Å². The Morgan fingerprint density at radius 3 is 2.86 bits per heavy atom. The molecule has 0 aromatic carbocycles. The van der Waals surface area contributed by atoms with Gasteiger partial charge in [-0.2, -0.15) is 0 Å². The molecule has 0 saturated heterocycles. The van der Waals surface area contributed by atoms with E-state index in [1.54, 1.807) is 0 Å². The molecule has 0 bridgehead atoms. The predicted molar refractivity (Wildman–Crippen MR) is 50.5 cm³/mol. The zero-order valence-corrected chi connectivity index (χ0v) is 7.90. The van der Waals surface area contributed by atoms with Crippen LogP contribution >= 0.6 is 0 Å². The van der Waals surface area contributed by atoms with Crippen molar-refractivity contribution in [1.82, 2.24) is 4.98 Å². The minimum atomic E-state index is -0.214. The first-order chi connectivity index (χ1) is 6.67. The largest absolute Gasteiger partial charge is 0.480 e. The van der Waals surface area contributed by atoms with Crippen molar-refractivity contribution in [2.24, 2.45) is 0 Å². The number of nitrogens with one attached hydrogen (secondary N) is 1. The van der Waals surface area contributed by atoms with E-state index in [4.69, 9.17) is 4.74 Å². The predicted octanol–water partition coefficient (Wildman–Crippen LogP) is 0.861. The minimum Gasteiger partial charge on any atom is -0.480 e. The second-order valence-corrected chi connectivity index (χ2v) is 2.62. The van der Waals surface area contributed by atoms with Gasteiger partial charge in [0.25, 0.3) is 0 Å². The summed E-state index contributed by atoms with van der Waals surface area (Å²) in [6.45, 7) is 1.38. The number of ether oxygens (including phenoxy) is 1. The van der Waals surface area contributed by atoms with Crippen molar-refractivity contribution in [2.45, 2.75) is 6.92 Å². The molecular formula is C9H10N2O3. The Morgan fingerprint density at radius 1 is 1.64 bits per heavy atom. The molecule has 1 N–H and O–H groups in total. The van der Waals surface area contributed by atoms with E-state index >= 15 is 0 Å². The van der Waals surface area contributed by atoms with Crippen LogP contribution in [0.15, 0.2) is 12.3 Å². The van der Waals surface area contributed by atoms with Crippen LogP contribution in [0.2, 0.25) is 0 Å². The third-order valence-electron chi connectivity index (χ3n) is 1.52. The van der Waals surface area contributed by atoms with Crippen molar-refractivity contribution in [2.75, 3.05) is 12.4 Å². The van der Waals surface area contributed by atoms with Gasteiger partial charge in [0, 0.05) is 6.92 Å². The van der Waals surface area contributed by atoms with Gasteiger partial charge in [0.15, 0.2) is 6.29 Å². The van der Waals surface area contributed by atoms with Crippen LogP contribution in [0, 0.1) is 0 Å². The molecule has 1 heterocycles. The quantitative estimate of drug-likeness (QED) is 0.724. The Hall–Kier alpha value is -1.91. The average molecular weight is 194 g/mol. The molecule has 1 aromatic rings. The first kappa shape index (κ1) is 10.2. The van der Waals surface area contributed by atoms with Gasteiger partial charge in [0.2, 0.25) is 11.8 Å². The molecule has 74 valence electrons. The summed E-state index contributed by atoms with van der Waals surface area (Å²) in [5.74, 6) is 0.0305. The van der Waals surface area contributed by atoms with Crippen LogP contribution in [0.3, 0.4) is 0 Å². The number of carbonyl (C=O) groups excluding carboxylic acids is 2. The van der Waals surface area contributed by atoms with Crippen molar-refractivity contribution in [1.29, 1.82) is 0 Å². The van der Waals surface area contributed by atoms with Gasteiger partial charge in [0.05, 0.1) is 24.6 Å². The molecule has 0 fully saturated rings. The summed E-state index contributed by atoms with van der Waals surface area (Å²) in [6.07, 6.45) is 2.05. The third-order valence-corrected chi connectivity index (χ3v) is 1.52. The highest BCUT2D eigenvalue weighted by Gasteiger charge is 2.05. The zero-order valence-electron chi connectivity index (χ0n) is 7.90. The Bertz CT molecular complexity index is 363. The molecule has 5 nitrogen and oxygen atoms in total. The summed E-state index contributed by atoms with van der Waals surface area (Å²) in [4.78, 5) is 25.2. The number of methoxy groups -OCH3 is 1. The summed E-state index contributed by atoms with van der Waals surface area (Å²) in [5, 5.41) is 2.51. The number of nitrogens with zero attached hydrogens (tertiary/aromatic N) is 1. The Balaban J connectivity index is 3.01. The van der Waals surface area contributed by atoms with E-state index in [1.165, 1.54) is 26.3 Å². The van der Waals surface area contributed by atoms with Gasteiger partial charge >= 0.3 is 0 Å². The lowest BCUT2D eigenvalue weighted by Crippen LogP contribution is -2.07. The maximum Gasteiger partial charge on any atom is 0.223 e. The van der Waals surface area contributed by atoms with Crippen LogP contribution in [-0.2, 0) is 4.79 Å². The van der Waals surface area contributed by atoms with E-state index in [0.29, 0.717) is 17.5 Å². The van der Waals surface area contributed by atoms with Gasteiger partial charge < -0.3 is 10.1 Å². The van der Waals surface area contributed by atoms with Gasteiger partial charge in [-0.3, -0.25) is 9.59 Å². The summed E-state index contributed by atoms with van der Waals surface area (Å²) < 4.78 is 4.84. The highest BCUT2D eigenvalue weighted by molar-refractivity contribution is 5.90. The van der Waals surface area contributed by atoms with Crippen molar-refractivity contribution >= 4 is 17.9 Å². The number of rotatable bonds is 3. The van der Waals surface area contributed by atoms with Gasteiger partial charge in [-0.1, -0.05) is 0 Å². The number of aromatic nitrogens is 1. The van der Waals surface area contributed by atoms with E-state index < -0.39 is 0 Å². The molecule has 0 aliphatic heterocycles. The lowest BCUT2D eigenvalue weighted by atomic mass is 10.2. The molecule has 1 rings (SSSR count). The monoisotopic (exact) mass is 194 g/mol. The highest BCUT2D eigenvalue weighted by atomic mass is 16.5. The summed E-state index contributed by atoms with van der Waals surface area (Å²) >= 11 is 0. The number of pyridine rings is 1. The third kappa shape index (κ3) is 2.29. The maximum absolute atomic E-state index is 10.7. The molecule has 0 aliphatic carbocycles. The molecule has 0 aliphatic rings. The van der Waals surface area contributed by atoms with E-state index in [2.05, 4.69) is 10.3 Å². The van der Waals surface area contributed by atoms with Crippen molar-refractivity contribution in [3.8, 4) is 5.88 Å². The molecule has 5 heteroatoms. The number of carbonyl (C=O) groups is 2. The van der Waals surface area contributed by atoms with Crippen LogP contribution in [0.5, 0.6) is 5.88 Å². The summed E-state index contributed by atoms with van der Waals surface area (Å²) in [6, 6.07) is 1.50. The molecule has 0 spiro atoms. The topological polar surface area (TPSA) is 68.3 Å². The van der Waals surface area contributed by atoms with Crippen molar-refractivity contribution in [3.63, 3.8) is 0 Å². The normalized spacial score (nSPS) is 9.29. The Kier molecular flexibility index (Phi) is 3.17. The molecule has 0 atom stereocenters.